The van der Waals surface area contributed by atoms with Crippen molar-refractivity contribution in [2.24, 2.45) is 35.3 Å². The van der Waals surface area contributed by atoms with E-state index in [-0.39, 0.29) is 54.5 Å². The number of rotatable bonds is 23. The molecule has 0 heterocycles. The number of carboxylic acids is 1. The van der Waals surface area contributed by atoms with E-state index >= 15 is 0 Å². The van der Waals surface area contributed by atoms with Crippen molar-refractivity contribution in [2.45, 2.75) is 118 Å². The van der Waals surface area contributed by atoms with Crippen LogP contribution in [0, 0.1) is 29.6 Å². The van der Waals surface area contributed by atoms with Crippen LogP contribution in [0.1, 0.15) is 99.0 Å². The van der Waals surface area contributed by atoms with E-state index in [0.717, 1.165) is 5.56 Å². The molecular formula is C36H58N4O7. The van der Waals surface area contributed by atoms with Crippen LogP contribution in [0.5, 0.6) is 0 Å². The average Bonchev–Trinajstić information content (AvgIpc) is 3.02. The molecule has 0 aromatic heterocycles. The van der Waals surface area contributed by atoms with Crippen molar-refractivity contribution in [3.63, 3.8) is 0 Å². The standard InChI is InChI=1S/C36H58N4O7/c1-8-24(6)33(38-30(43)18-17-26-14-10-9-11-15-26)29(42)21-27(16-12-13-19-37)35(45)39-31(22(2)3)28(41)20-25(7)34(44)40-32(23(4)5)36(46)47/h9-11,14-15,22-25,27,31-33H,8,12-13,16-21,37H2,1-7H3,(H,38,43)(H,39,45)(H,40,44)(H,46,47)/t24?,25-,27-,31+,32+,33+/m1/s1. The first-order valence-electron chi connectivity index (χ1n) is 17.0. The van der Waals surface area contributed by atoms with E-state index < -0.39 is 47.7 Å². The Morgan fingerprint density at radius 2 is 1.32 bits per heavy atom. The lowest BCUT2D eigenvalue weighted by molar-refractivity contribution is -0.144. The molecule has 1 aromatic rings. The predicted molar refractivity (Wildman–Crippen MR) is 182 cm³/mol. The Labute approximate surface area is 280 Å². The summed E-state index contributed by atoms with van der Waals surface area (Å²) in [5, 5.41) is 17.7. The highest BCUT2D eigenvalue weighted by molar-refractivity contribution is 5.96. The summed E-state index contributed by atoms with van der Waals surface area (Å²) in [6, 6.07) is 6.88. The topological polar surface area (TPSA) is 185 Å². The average molecular weight is 659 g/mol. The number of carboxylic acid groups (broad SMARTS) is 1. The number of nitrogens with one attached hydrogen (secondary N) is 3. The van der Waals surface area contributed by atoms with E-state index in [1.165, 1.54) is 0 Å². The normalized spacial score (nSPS) is 15.2. The van der Waals surface area contributed by atoms with Crippen LogP contribution in [0.25, 0.3) is 0 Å². The maximum Gasteiger partial charge on any atom is 0.326 e. The third-order valence-corrected chi connectivity index (χ3v) is 8.68. The van der Waals surface area contributed by atoms with Gasteiger partial charge in [0.2, 0.25) is 17.7 Å². The summed E-state index contributed by atoms with van der Waals surface area (Å²) in [4.78, 5) is 77.9. The zero-order valence-corrected chi connectivity index (χ0v) is 29.3. The lowest BCUT2D eigenvalue weighted by Crippen LogP contribution is -2.50. The van der Waals surface area contributed by atoms with E-state index in [4.69, 9.17) is 5.73 Å². The van der Waals surface area contributed by atoms with Gasteiger partial charge in [0, 0.05) is 31.1 Å². The van der Waals surface area contributed by atoms with Gasteiger partial charge in [0.05, 0.1) is 12.1 Å². The van der Waals surface area contributed by atoms with E-state index in [2.05, 4.69) is 16.0 Å². The van der Waals surface area contributed by atoms with Crippen molar-refractivity contribution < 1.29 is 33.9 Å². The number of hydrogen-bond acceptors (Lipinski definition) is 7. The van der Waals surface area contributed by atoms with Crippen molar-refractivity contribution >= 4 is 35.3 Å². The van der Waals surface area contributed by atoms with Crippen LogP contribution in [-0.2, 0) is 35.2 Å². The van der Waals surface area contributed by atoms with Gasteiger partial charge >= 0.3 is 5.97 Å². The third kappa shape index (κ3) is 14.8. The number of hydrogen-bond donors (Lipinski definition) is 5. The summed E-state index contributed by atoms with van der Waals surface area (Å²) in [5.41, 5.74) is 6.72. The van der Waals surface area contributed by atoms with Gasteiger partial charge < -0.3 is 26.8 Å². The van der Waals surface area contributed by atoms with Crippen LogP contribution in [-0.4, -0.2) is 65.0 Å². The molecule has 3 amide bonds. The Morgan fingerprint density at radius 1 is 0.745 bits per heavy atom. The Hall–Kier alpha value is -3.60. The molecule has 0 spiro atoms. The van der Waals surface area contributed by atoms with Gasteiger partial charge in [-0.2, -0.15) is 0 Å². The van der Waals surface area contributed by atoms with E-state index in [1.807, 2.05) is 44.2 Å². The Balaban J connectivity index is 3.03. The van der Waals surface area contributed by atoms with Crippen molar-refractivity contribution in [3.05, 3.63) is 35.9 Å². The molecule has 0 aliphatic carbocycles. The summed E-state index contributed by atoms with van der Waals surface area (Å²) in [7, 11) is 0. The van der Waals surface area contributed by atoms with Crippen LogP contribution in [0.3, 0.4) is 0 Å². The highest BCUT2D eigenvalue weighted by Gasteiger charge is 2.34. The smallest absolute Gasteiger partial charge is 0.326 e. The van der Waals surface area contributed by atoms with Crippen molar-refractivity contribution in [1.29, 1.82) is 0 Å². The second-order valence-corrected chi connectivity index (χ2v) is 13.4. The zero-order chi connectivity index (χ0) is 35.7. The molecule has 0 radical (unpaired) electrons. The molecule has 6 N–H and O–H groups in total. The number of nitrogens with two attached hydrogens (primary N) is 1. The van der Waals surface area contributed by atoms with Gasteiger partial charge in [0.25, 0.3) is 0 Å². The van der Waals surface area contributed by atoms with Gasteiger partial charge in [-0.25, -0.2) is 4.79 Å². The minimum atomic E-state index is -1.16. The summed E-state index contributed by atoms with van der Waals surface area (Å²) in [5.74, 6) is -5.33. The van der Waals surface area contributed by atoms with Crippen molar-refractivity contribution in [2.75, 3.05) is 6.54 Å². The molecule has 264 valence electrons. The first-order valence-corrected chi connectivity index (χ1v) is 17.0. The molecular weight excluding hydrogens is 600 g/mol. The molecule has 11 nitrogen and oxygen atoms in total. The largest absolute Gasteiger partial charge is 0.480 e. The minimum absolute atomic E-state index is 0.103. The molecule has 0 aliphatic heterocycles. The first kappa shape index (κ1) is 41.4. The molecule has 0 saturated heterocycles. The van der Waals surface area contributed by atoms with Gasteiger partial charge in [0.1, 0.15) is 6.04 Å². The fraction of sp³-hybridized carbons (Fsp3) is 0.667. The number of carbonyl (C=O) groups is 6. The molecule has 11 heteroatoms. The number of Topliss-reactive ketones (excluding diaryl/α,β-unsaturated/α-hetero) is 2. The molecule has 6 atom stereocenters. The van der Waals surface area contributed by atoms with Crippen LogP contribution >= 0.6 is 0 Å². The van der Waals surface area contributed by atoms with Crippen molar-refractivity contribution in [3.8, 4) is 0 Å². The number of ketones is 2. The number of aryl methyl sites for hydroxylation is 1. The summed E-state index contributed by atoms with van der Waals surface area (Å²) < 4.78 is 0. The summed E-state index contributed by atoms with van der Waals surface area (Å²) in [6.45, 7) is 12.7. The van der Waals surface area contributed by atoms with Gasteiger partial charge in [-0.3, -0.25) is 24.0 Å². The number of amides is 3. The van der Waals surface area contributed by atoms with Crippen molar-refractivity contribution in [1.82, 2.24) is 16.0 Å². The first-order chi connectivity index (χ1) is 22.1. The Kier molecular flexibility index (Phi) is 18.8. The fourth-order valence-corrected chi connectivity index (χ4v) is 5.38. The molecule has 0 aliphatic rings. The second kappa shape index (κ2) is 21.3. The lowest BCUT2D eigenvalue weighted by atomic mass is 9.86. The van der Waals surface area contributed by atoms with Crippen LogP contribution < -0.4 is 21.7 Å². The minimum Gasteiger partial charge on any atom is -0.480 e. The van der Waals surface area contributed by atoms with Crippen LogP contribution in [0.15, 0.2) is 30.3 Å². The molecule has 47 heavy (non-hydrogen) atoms. The highest BCUT2D eigenvalue weighted by Crippen LogP contribution is 2.21. The van der Waals surface area contributed by atoms with E-state index in [1.54, 1.807) is 34.6 Å². The quantitative estimate of drug-likeness (QED) is 0.110. The number of carbonyl (C=O) groups excluding carboxylic acids is 5. The molecule has 1 aromatic carbocycles. The predicted octanol–water partition coefficient (Wildman–Crippen LogP) is 3.82. The fourth-order valence-electron chi connectivity index (χ4n) is 5.38. The summed E-state index contributed by atoms with van der Waals surface area (Å²) >= 11 is 0. The molecule has 0 saturated carbocycles. The number of unbranched alkanes of at least 4 members (excludes halogenated alkanes) is 1. The molecule has 0 bridgehead atoms. The maximum atomic E-state index is 13.7. The Bertz CT molecular complexity index is 1170. The van der Waals surface area contributed by atoms with Crippen LogP contribution in [0.4, 0.5) is 0 Å². The van der Waals surface area contributed by atoms with Gasteiger partial charge in [-0.15, -0.1) is 0 Å². The number of benzene rings is 1. The van der Waals surface area contributed by atoms with Crippen LogP contribution in [0.2, 0.25) is 0 Å². The highest BCUT2D eigenvalue weighted by atomic mass is 16.4. The monoisotopic (exact) mass is 658 g/mol. The number of aliphatic carboxylic acids is 1. The van der Waals surface area contributed by atoms with Gasteiger partial charge in [-0.1, -0.05) is 91.6 Å². The summed E-state index contributed by atoms with van der Waals surface area (Å²) in [6.07, 6.45) is 2.78. The van der Waals surface area contributed by atoms with E-state index in [0.29, 0.717) is 38.6 Å². The van der Waals surface area contributed by atoms with Gasteiger partial charge in [0.15, 0.2) is 11.6 Å². The van der Waals surface area contributed by atoms with E-state index in [9.17, 15) is 33.9 Å². The second-order valence-electron chi connectivity index (χ2n) is 13.4. The SMILES string of the molecule is CCC(C)[C@H](NC(=O)CCc1ccccc1)C(=O)C[C@@H](CCCCN)C(=O)N[C@H](C(=O)C[C@@H](C)C(=O)N[C@H](C(=O)O)C(C)C)C(C)C. The maximum absolute atomic E-state index is 13.7. The molecule has 1 rings (SSSR count). The third-order valence-electron chi connectivity index (χ3n) is 8.68. The van der Waals surface area contributed by atoms with Gasteiger partial charge in [-0.05, 0) is 49.1 Å². The molecule has 1 unspecified atom stereocenters. The zero-order valence-electron chi connectivity index (χ0n) is 29.3. The lowest BCUT2D eigenvalue weighted by Gasteiger charge is -2.28. The molecule has 0 fully saturated rings. The Morgan fingerprint density at radius 3 is 1.85 bits per heavy atom.